The van der Waals surface area contributed by atoms with Crippen molar-refractivity contribution in [3.63, 3.8) is 0 Å². The zero-order valence-electron chi connectivity index (χ0n) is 19.8. The van der Waals surface area contributed by atoms with Gasteiger partial charge in [0.25, 0.3) is 11.8 Å². The summed E-state index contributed by atoms with van der Waals surface area (Å²) in [6.45, 7) is -0.291. The van der Waals surface area contributed by atoms with Crippen LogP contribution in [-0.2, 0) is 32.1 Å². The van der Waals surface area contributed by atoms with E-state index in [1.165, 1.54) is 9.47 Å². The van der Waals surface area contributed by atoms with E-state index in [4.69, 9.17) is 14.6 Å². The lowest BCUT2D eigenvalue weighted by Crippen LogP contribution is -2.49. The number of carbonyl (C=O) groups excluding carboxylic acids is 3. The molecule has 2 aromatic rings. The number of aromatic nitrogens is 1. The topological polar surface area (TPSA) is 163 Å². The lowest BCUT2D eigenvalue weighted by Gasteiger charge is -2.34. The Bertz CT molecular complexity index is 1360. The average Bonchev–Trinajstić information content (AvgIpc) is 3.23. The molecule has 2 amide bonds. The van der Waals surface area contributed by atoms with Gasteiger partial charge in [0.15, 0.2) is 18.5 Å². The predicted molar refractivity (Wildman–Crippen MR) is 119 cm³/mol. The summed E-state index contributed by atoms with van der Waals surface area (Å²) in [6, 6.07) is 2.46. The van der Waals surface area contributed by atoms with Gasteiger partial charge < -0.3 is 38.8 Å². The molecule has 2 aliphatic rings. The van der Waals surface area contributed by atoms with Crippen LogP contribution in [0.3, 0.4) is 0 Å². The summed E-state index contributed by atoms with van der Waals surface area (Å²) in [5.41, 5.74) is -1.78. The number of carboxylic acids is 1. The first kappa shape index (κ1) is 26.5. The third kappa shape index (κ3) is 5.41. The molecule has 2 unspecified atom stereocenters. The summed E-state index contributed by atoms with van der Waals surface area (Å²) in [5.74, 6) is -5.33. The van der Waals surface area contributed by atoms with Crippen molar-refractivity contribution >= 4 is 23.9 Å². The fraction of sp³-hybridized carbons (Fsp3) is 0.348. The third-order valence-electron chi connectivity index (χ3n) is 5.74. The highest BCUT2D eigenvalue weighted by Crippen LogP contribution is 2.30. The number of halogens is 2. The Kier molecular flexibility index (Phi) is 7.57. The van der Waals surface area contributed by atoms with Gasteiger partial charge in [0.1, 0.15) is 17.2 Å². The molecule has 15 heteroatoms. The van der Waals surface area contributed by atoms with Crippen LogP contribution in [0.5, 0.6) is 5.75 Å². The lowest BCUT2D eigenvalue weighted by molar-refractivity contribution is -0.141. The molecule has 1 aromatic heterocycles. The van der Waals surface area contributed by atoms with Crippen LogP contribution in [0, 0.1) is 11.6 Å². The average molecular weight is 537 g/mol. The first-order chi connectivity index (χ1) is 18.1. The molecule has 3 heterocycles. The van der Waals surface area contributed by atoms with Gasteiger partial charge in [-0.3, -0.25) is 14.4 Å². The summed E-state index contributed by atoms with van der Waals surface area (Å²) < 4.78 is 48.2. The van der Waals surface area contributed by atoms with Gasteiger partial charge >= 0.3 is 12.1 Å². The number of amides is 2. The number of carbonyl (C=O) groups is 4. The number of rotatable bonds is 8. The second-order valence-corrected chi connectivity index (χ2v) is 8.31. The smallest absolute Gasteiger partial charge is 0.479 e. The van der Waals surface area contributed by atoms with Crippen molar-refractivity contribution in [2.24, 2.45) is 0 Å². The number of benzene rings is 1. The molecule has 38 heavy (non-hydrogen) atoms. The number of carboxylic acid groups (broad SMARTS) is 1. The molecular formula is C23H21F2N3O10. The maximum absolute atomic E-state index is 14.0. The second kappa shape index (κ2) is 10.8. The van der Waals surface area contributed by atoms with Gasteiger partial charge in [-0.25, -0.2) is 18.4 Å². The number of pyridine rings is 1. The zero-order chi connectivity index (χ0) is 27.6. The van der Waals surface area contributed by atoms with Crippen LogP contribution in [0.25, 0.3) is 0 Å². The van der Waals surface area contributed by atoms with E-state index in [9.17, 15) is 32.8 Å². The summed E-state index contributed by atoms with van der Waals surface area (Å²) in [7, 11) is 0. The van der Waals surface area contributed by atoms with Crippen LogP contribution < -0.4 is 15.5 Å². The Morgan fingerprint density at radius 2 is 1.97 bits per heavy atom. The van der Waals surface area contributed by atoms with Crippen LogP contribution in [0.4, 0.5) is 13.6 Å². The summed E-state index contributed by atoms with van der Waals surface area (Å²) in [5, 5.41) is 10.9. The van der Waals surface area contributed by atoms with Crippen molar-refractivity contribution in [3.05, 3.63) is 63.1 Å². The Morgan fingerprint density at radius 3 is 2.68 bits per heavy atom. The standard InChI is InChI=1S/C23H21F2N3O10/c1-11-8-35-16-7-27-6-14(21(32)26-5-12-2-3-13(24)4-15(12)25)19(31)20(18(27)22(33)28(11)16)37-10-38-23(34)36-9-17(29)30/h2-4,6,11,16H,5,7-10H2,1H3,(H,26,32)(H,29,30). The summed E-state index contributed by atoms with van der Waals surface area (Å²) >= 11 is 0. The van der Waals surface area contributed by atoms with Gasteiger partial charge in [-0.15, -0.1) is 0 Å². The minimum Gasteiger partial charge on any atom is -0.479 e. The molecule has 1 aromatic carbocycles. The van der Waals surface area contributed by atoms with E-state index in [0.29, 0.717) is 6.07 Å². The van der Waals surface area contributed by atoms with Gasteiger partial charge in [0, 0.05) is 24.4 Å². The van der Waals surface area contributed by atoms with E-state index in [1.54, 1.807) is 6.92 Å². The Morgan fingerprint density at radius 1 is 1.21 bits per heavy atom. The molecule has 1 fully saturated rings. The van der Waals surface area contributed by atoms with Gasteiger partial charge in [0.2, 0.25) is 18.0 Å². The highest BCUT2D eigenvalue weighted by atomic mass is 19.1. The number of nitrogens with one attached hydrogen (secondary N) is 1. The van der Waals surface area contributed by atoms with Crippen LogP contribution >= 0.6 is 0 Å². The van der Waals surface area contributed by atoms with Gasteiger partial charge in [0.05, 0.1) is 19.2 Å². The monoisotopic (exact) mass is 537 g/mol. The maximum atomic E-state index is 14.0. The van der Waals surface area contributed by atoms with E-state index in [1.807, 2.05) is 0 Å². The van der Waals surface area contributed by atoms with Crippen LogP contribution in [0.2, 0.25) is 0 Å². The molecule has 0 aliphatic carbocycles. The largest absolute Gasteiger partial charge is 0.511 e. The van der Waals surface area contributed by atoms with Crippen molar-refractivity contribution in [1.29, 1.82) is 0 Å². The molecular weight excluding hydrogens is 516 g/mol. The van der Waals surface area contributed by atoms with Crippen molar-refractivity contribution in [3.8, 4) is 5.75 Å². The van der Waals surface area contributed by atoms with Gasteiger partial charge in [-0.05, 0) is 13.0 Å². The second-order valence-electron chi connectivity index (χ2n) is 8.31. The number of aliphatic carboxylic acids is 1. The van der Waals surface area contributed by atoms with E-state index in [0.717, 1.165) is 18.3 Å². The van der Waals surface area contributed by atoms with E-state index in [2.05, 4.69) is 14.8 Å². The number of hydrogen-bond acceptors (Lipinski definition) is 9. The predicted octanol–water partition coefficient (Wildman–Crippen LogP) is 0.831. The lowest BCUT2D eigenvalue weighted by atomic mass is 10.1. The third-order valence-corrected chi connectivity index (χ3v) is 5.74. The minimum atomic E-state index is -1.43. The number of nitrogens with zero attached hydrogens (tertiary/aromatic N) is 2. The number of hydrogen-bond donors (Lipinski definition) is 2. The highest BCUT2D eigenvalue weighted by Gasteiger charge is 2.43. The van der Waals surface area contributed by atoms with Crippen LogP contribution in [0.15, 0.2) is 29.2 Å². The fourth-order valence-corrected chi connectivity index (χ4v) is 3.99. The Labute approximate surface area is 212 Å². The highest BCUT2D eigenvalue weighted by molar-refractivity contribution is 5.99. The van der Waals surface area contributed by atoms with Crippen molar-refractivity contribution < 1.29 is 52.0 Å². The first-order valence-corrected chi connectivity index (χ1v) is 11.1. The number of ether oxygens (including phenoxy) is 4. The fourth-order valence-electron chi connectivity index (χ4n) is 3.99. The molecule has 1 saturated heterocycles. The molecule has 2 N–H and O–H groups in total. The normalized spacial score (nSPS) is 17.9. The molecule has 202 valence electrons. The van der Waals surface area contributed by atoms with Crippen LogP contribution in [0.1, 0.15) is 33.3 Å². The molecule has 0 spiro atoms. The zero-order valence-corrected chi connectivity index (χ0v) is 19.8. The van der Waals surface area contributed by atoms with Crippen LogP contribution in [-0.4, -0.2) is 70.8 Å². The SMILES string of the molecule is CC1COC2Cn3cc(C(=O)NCc4ccc(F)cc4F)c(=O)c(OCOC(=O)OCC(=O)O)c3C(=O)N12. The van der Waals surface area contributed by atoms with E-state index < -0.39 is 71.9 Å². The number of fused-ring (bicyclic) bond motifs is 2. The molecule has 4 rings (SSSR count). The summed E-state index contributed by atoms with van der Waals surface area (Å²) in [4.78, 5) is 62.8. The maximum Gasteiger partial charge on any atom is 0.511 e. The van der Waals surface area contributed by atoms with Gasteiger partial charge in [-0.1, -0.05) is 6.07 Å². The molecule has 13 nitrogen and oxygen atoms in total. The van der Waals surface area contributed by atoms with Crippen molar-refractivity contribution in [1.82, 2.24) is 14.8 Å². The van der Waals surface area contributed by atoms with E-state index >= 15 is 0 Å². The van der Waals surface area contributed by atoms with E-state index in [-0.39, 0.29) is 37.0 Å². The molecule has 2 aliphatic heterocycles. The summed E-state index contributed by atoms with van der Waals surface area (Å²) in [6.07, 6.45) is -0.957. The molecule has 0 radical (unpaired) electrons. The minimum absolute atomic E-state index is 0.0381. The molecule has 0 saturated carbocycles. The Balaban J connectivity index is 1.61. The first-order valence-electron chi connectivity index (χ1n) is 11.1. The molecule has 0 bridgehead atoms. The van der Waals surface area contributed by atoms with Crippen molar-refractivity contribution in [2.75, 3.05) is 20.0 Å². The van der Waals surface area contributed by atoms with Crippen molar-refractivity contribution in [2.45, 2.75) is 32.3 Å². The molecule has 2 atom stereocenters. The Hall–Kier alpha value is -4.53. The van der Waals surface area contributed by atoms with Gasteiger partial charge in [-0.2, -0.15) is 0 Å². The quantitative estimate of drug-likeness (QED) is 0.364.